The van der Waals surface area contributed by atoms with Crippen molar-refractivity contribution in [3.05, 3.63) is 47.4 Å². The lowest BCUT2D eigenvalue weighted by molar-refractivity contribution is -0.121. The Kier molecular flexibility index (Phi) is 4.54. The number of halogens is 1. The molecule has 2 amide bonds. The highest BCUT2D eigenvalue weighted by atomic mass is 19.1. The minimum absolute atomic E-state index is 0.0709. The smallest absolute Gasteiger partial charge is 0.259 e. The van der Waals surface area contributed by atoms with Crippen LogP contribution in [0.5, 0.6) is 0 Å². The monoisotopic (exact) mass is 382 g/mol. The molecule has 0 unspecified atom stereocenters. The van der Waals surface area contributed by atoms with Gasteiger partial charge in [0.05, 0.1) is 28.9 Å². The van der Waals surface area contributed by atoms with Crippen molar-refractivity contribution in [3.8, 4) is 11.3 Å². The van der Waals surface area contributed by atoms with E-state index < -0.39 is 5.82 Å². The second-order valence-electron chi connectivity index (χ2n) is 6.99. The first-order valence-corrected chi connectivity index (χ1v) is 9.01. The minimum atomic E-state index is -0.457. The van der Waals surface area contributed by atoms with Gasteiger partial charge in [-0.3, -0.25) is 9.59 Å². The fourth-order valence-electron chi connectivity index (χ4n) is 3.06. The number of hydrogen-bond acceptors (Lipinski definition) is 5. The summed E-state index contributed by atoms with van der Waals surface area (Å²) in [6.07, 6.45) is 1.94. The third kappa shape index (κ3) is 3.45. The number of carbonyl (C=O) groups excluding carboxylic acids is 2. The normalized spacial score (nSPS) is 13.5. The van der Waals surface area contributed by atoms with Crippen molar-refractivity contribution in [1.29, 1.82) is 0 Å². The Morgan fingerprint density at radius 2 is 2.07 bits per heavy atom. The van der Waals surface area contributed by atoms with Gasteiger partial charge >= 0.3 is 0 Å². The Morgan fingerprint density at radius 1 is 1.32 bits per heavy atom. The molecule has 1 fully saturated rings. The molecule has 0 bridgehead atoms. The molecule has 0 spiro atoms. The lowest BCUT2D eigenvalue weighted by Crippen LogP contribution is -2.39. The van der Waals surface area contributed by atoms with Gasteiger partial charge in [0.2, 0.25) is 5.91 Å². The van der Waals surface area contributed by atoms with Crippen molar-refractivity contribution in [1.82, 2.24) is 20.4 Å². The molecule has 7 nitrogen and oxygen atoms in total. The molecule has 1 aliphatic carbocycles. The van der Waals surface area contributed by atoms with E-state index in [0.29, 0.717) is 11.1 Å². The number of benzene rings is 1. The van der Waals surface area contributed by atoms with Gasteiger partial charge in [0.15, 0.2) is 0 Å². The van der Waals surface area contributed by atoms with Gasteiger partial charge in [-0.05, 0) is 38.0 Å². The first-order chi connectivity index (χ1) is 13.4. The third-order valence-electron chi connectivity index (χ3n) is 4.67. The van der Waals surface area contributed by atoms with E-state index in [0.717, 1.165) is 12.8 Å². The molecule has 1 N–H and O–H groups in total. The van der Waals surface area contributed by atoms with Crippen molar-refractivity contribution in [2.24, 2.45) is 0 Å². The molecule has 8 heteroatoms. The number of aromatic nitrogens is 2. The first-order valence-electron chi connectivity index (χ1n) is 9.01. The van der Waals surface area contributed by atoms with Crippen LogP contribution in [0.3, 0.4) is 0 Å². The van der Waals surface area contributed by atoms with E-state index in [-0.39, 0.29) is 46.9 Å². The summed E-state index contributed by atoms with van der Waals surface area (Å²) in [5.41, 5.74) is 1.44. The Balaban J connectivity index is 1.72. The van der Waals surface area contributed by atoms with E-state index in [1.165, 1.54) is 17.0 Å². The zero-order valence-corrected chi connectivity index (χ0v) is 15.5. The molecule has 1 aliphatic rings. The zero-order valence-electron chi connectivity index (χ0n) is 15.5. The number of likely N-dealkylation sites (N-methyl/N-ethyl adjacent to an activating group) is 1. The lowest BCUT2D eigenvalue weighted by atomic mass is 10.0. The maximum atomic E-state index is 14.2. The molecule has 2 heterocycles. The summed E-state index contributed by atoms with van der Waals surface area (Å²) < 4.78 is 19.5. The van der Waals surface area contributed by atoms with Crippen LogP contribution in [0.15, 0.2) is 34.9 Å². The van der Waals surface area contributed by atoms with Crippen LogP contribution in [0.1, 0.15) is 28.9 Å². The van der Waals surface area contributed by atoms with Gasteiger partial charge in [-0.2, -0.15) is 0 Å². The molecule has 144 valence electrons. The van der Waals surface area contributed by atoms with Crippen LogP contribution in [0.25, 0.3) is 22.4 Å². The predicted molar refractivity (Wildman–Crippen MR) is 100 cm³/mol. The molecule has 0 atom stereocenters. The number of rotatable bonds is 5. The Hall–Kier alpha value is -3.29. The number of pyridine rings is 1. The predicted octanol–water partition coefficient (Wildman–Crippen LogP) is 2.69. The number of carbonyl (C=O) groups is 2. The van der Waals surface area contributed by atoms with E-state index in [2.05, 4.69) is 15.5 Å². The molecular weight excluding hydrogens is 363 g/mol. The van der Waals surface area contributed by atoms with Crippen LogP contribution >= 0.6 is 0 Å². The third-order valence-corrected chi connectivity index (χ3v) is 4.67. The minimum Gasteiger partial charge on any atom is -0.352 e. The molecule has 0 radical (unpaired) electrons. The summed E-state index contributed by atoms with van der Waals surface area (Å²) in [6, 6.07) is 7.90. The van der Waals surface area contributed by atoms with Crippen LogP contribution in [-0.4, -0.2) is 46.5 Å². The number of aryl methyl sites for hydroxylation is 1. The van der Waals surface area contributed by atoms with Gasteiger partial charge in [-0.25, -0.2) is 9.37 Å². The van der Waals surface area contributed by atoms with Crippen molar-refractivity contribution in [2.45, 2.75) is 25.8 Å². The lowest BCUT2D eigenvalue weighted by Gasteiger charge is -2.17. The molecule has 28 heavy (non-hydrogen) atoms. The fourth-order valence-corrected chi connectivity index (χ4v) is 3.06. The van der Waals surface area contributed by atoms with Crippen LogP contribution in [0.4, 0.5) is 4.39 Å². The second kappa shape index (κ2) is 7.03. The number of nitrogens with zero attached hydrogens (tertiary/aromatic N) is 3. The average molecular weight is 382 g/mol. The molecule has 0 saturated heterocycles. The largest absolute Gasteiger partial charge is 0.352 e. The summed E-state index contributed by atoms with van der Waals surface area (Å²) in [6.45, 7) is 1.63. The number of hydrogen-bond donors (Lipinski definition) is 1. The molecule has 4 rings (SSSR count). The van der Waals surface area contributed by atoms with Crippen molar-refractivity contribution in [3.63, 3.8) is 0 Å². The van der Waals surface area contributed by atoms with Gasteiger partial charge in [-0.15, -0.1) is 0 Å². The topological polar surface area (TPSA) is 88.3 Å². The highest BCUT2D eigenvalue weighted by molar-refractivity contribution is 6.07. The fraction of sp³-hybridized carbons (Fsp3) is 0.300. The van der Waals surface area contributed by atoms with Crippen LogP contribution in [-0.2, 0) is 4.79 Å². The Labute approximate surface area is 160 Å². The Morgan fingerprint density at radius 3 is 2.79 bits per heavy atom. The maximum absolute atomic E-state index is 14.2. The number of amides is 2. The summed E-state index contributed by atoms with van der Waals surface area (Å²) in [7, 11) is 1.55. The standard InChI is InChI=1S/C20H19FN4O3/c1-11-18-14(20(27)25(2)10-17(26)22-12-7-8-12)9-16(23-19(18)28-24-11)13-5-3-4-6-15(13)21/h3-6,9,12H,7-8,10H2,1-2H3,(H,22,26). The van der Waals surface area contributed by atoms with Crippen molar-refractivity contribution >= 4 is 22.9 Å². The molecular formula is C20H19FN4O3. The Bertz CT molecular complexity index is 1070. The van der Waals surface area contributed by atoms with Crippen molar-refractivity contribution in [2.75, 3.05) is 13.6 Å². The number of nitrogens with one attached hydrogen (secondary N) is 1. The summed E-state index contributed by atoms with van der Waals surface area (Å²) in [5, 5.41) is 7.19. The highest BCUT2D eigenvalue weighted by Gasteiger charge is 2.26. The van der Waals surface area contributed by atoms with Crippen LogP contribution < -0.4 is 5.32 Å². The zero-order chi connectivity index (χ0) is 19.8. The SMILES string of the molecule is Cc1noc2nc(-c3ccccc3F)cc(C(=O)N(C)CC(=O)NC3CC3)c12. The van der Waals surface area contributed by atoms with E-state index in [1.54, 1.807) is 32.2 Å². The van der Waals surface area contributed by atoms with E-state index >= 15 is 0 Å². The van der Waals surface area contributed by atoms with Crippen LogP contribution in [0.2, 0.25) is 0 Å². The maximum Gasteiger partial charge on any atom is 0.259 e. The van der Waals surface area contributed by atoms with Crippen LogP contribution in [0, 0.1) is 12.7 Å². The first kappa shape index (κ1) is 18.1. The molecule has 2 aromatic heterocycles. The average Bonchev–Trinajstić information content (AvgIpc) is 3.41. The van der Waals surface area contributed by atoms with Gasteiger partial charge < -0.3 is 14.7 Å². The number of fused-ring (bicyclic) bond motifs is 1. The molecule has 1 aromatic carbocycles. The van der Waals surface area contributed by atoms with E-state index in [4.69, 9.17) is 4.52 Å². The molecule has 1 saturated carbocycles. The van der Waals surface area contributed by atoms with Gasteiger partial charge in [0.25, 0.3) is 11.6 Å². The van der Waals surface area contributed by atoms with E-state index in [1.807, 2.05) is 0 Å². The van der Waals surface area contributed by atoms with Crippen molar-refractivity contribution < 1.29 is 18.5 Å². The van der Waals surface area contributed by atoms with E-state index in [9.17, 15) is 14.0 Å². The van der Waals surface area contributed by atoms with Gasteiger partial charge in [-0.1, -0.05) is 17.3 Å². The summed E-state index contributed by atoms with van der Waals surface area (Å²) in [4.78, 5) is 30.8. The van der Waals surface area contributed by atoms with Gasteiger partial charge in [0, 0.05) is 18.7 Å². The quantitative estimate of drug-likeness (QED) is 0.733. The highest BCUT2D eigenvalue weighted by Crippen LogP contribution is 2.29. The van der Waals surface area contributed by atoms with Gasteiger partial charge in [0.1, 0.15) is 5.82 Å². The summed E-state index contributed by atoms with van der Waals surface area (Å²) in [5.74, 6) is -1.05. The summed E-state index contributed by atoms with van der Waals surface area (Å²) >= 11 is 0. The molecule has 3 aromatic rings. The molecule has 0 aliphatic heterocycles. The second-order valence-corrected chi connectivity index (χ2v) is 6.99.